The van der Waals surface area contributed by atoms with Crippen LogP contribution in [0.25, 0.3) is 0 Å². The maximum atomic E-state index is 12.2. The van der Waals surface area contributed by atoms with Crippen molar-refractivity contribution >= 4 is 16.0 Å². The Morgan fingerprint density at radius 3 is 2.75 bits per heavy atom. The zero-order valence-corrected chi connectivity index (χ0v) is 11.8. The number of carboxylic acid groups (broad SMARTS) is 1. The molecule has 2 unspecified atom stereocenters. The summed E-state index contributed by atoms with van der Waals surface area (Å²) in [6.07, 6.45) is 3.32. The maximum absolute atomic E-state index is 12.2. The molecule has 1 fully saturated rings. The molecule has 7 nitrogen and oxygen atoms in total. The molecule has 0 amide bonds. The zero-order chi connectivity index (χ0) is 14.8. The number of aromatic carboxylic acids is 1. The Labute approximate surface area is 117 Å². The summed E-state index contributed by atoms with van der Waals surface area (Å²) in [5.74, 6) is -1.15. The standard InChI is InChI=1S/C12H16N2O5S/c1-19-10-4-2-3-9(10)14-20(17,18)11-6-5-8(7-13-11)12(15)16/h5-7,9-10,14H,2-4H2,1H3,(H,15,16). The van der Waals surface area contributed by atoms with Crippen LogP contribution in [-0.4, -0.2) is 43.7 Å². The summed E-state index contributed by atoms with van der Waals surface area (Å²) < 4.78 is 32.1. The second-order valence-electron chi connectivity index (χ2n) is 4.62. The van der Waals surface area contributed by atoms with Gasteiger partial charge in [0.05, 0.1) is 11.7 Å². The van der Waals surface area contributed by atoms with Crippen molar-refractivity contribution in [2.45, 2.75) is 36.4 Å². The van der Waals surface area contributed by atoms with Crippen LogP contribution in [0.1, 0.15) is 29.6 Å². The molecular formula is C12H16N2O5S. The summed E-state index contributed by atoms with van der Waals surface area (Å²) in [5.41, 5.74) is -0.0559. The number of nitrogens with one attached hydrogen (secondary N) is 1. The number of hydrogen-bond donors (Lipinski definition) is 2. The average Bonchev–Trinajstić information content (AvgIpc) is 2.85. The largest absolute Gasteiger partial charge is 0.478 e. The van der Waals surface area contributed by atoms with E-state index in [1.807, 2.05) is 0 Å². The number of rotatable bonds is 5. The predicted molar refractivity (Wildman–Crippen MR) is 70.0 cm³/mol. The van der Waals surface area contributed by atoms with Gasteiger partial charge >= 0.3 is 5.97 Å². The second kappa shape index (κ2) is 5.86. The fourth-order valence-electron chi connectivity index (χ4n) is 2.27. The monoisotopic (exact) mass is 300 g/mol. The van der Waals surface area contributed by atoms with Gasteiger partial charge in [-0.3, -0.25) is 0 Å². The van der Waals surface area contributed by atoms with Gasteiger partial charge in [0.15, 0.2) is 5.03 Å². The predicted octanol–water partition coefficient (Wildman–Crippen LogP) is 0.626. The number of carbonyl (C=O) groups is 1. The number of pyridine rings is 1. The molecule has 0 aliphatic heterocycles. The van der Waals surface area contributed by atoms with Crippen LogP contribution in [-0.2, 0) is 14.8 Å². The van der Waals surface area contributed by atoms with Crippen LogP contribution in [0.4, 0.5) is 0 Å². The quantitative estimate of drug-likeness (QED) is 0.826. The number of hydrogen-bond acceptors (Lipinski definition) is 5. The first-order valence-corrected chi connectivity index (χ1v) is 7.67. The van der Waals surface area contributed by atoms with Crippen LogP contribution in [0.5, 0.6) is 0 Å². The first-order valence-electron chi connectivity index (χ1n) is 6.18. The highest BCUT2D eigenvalue weighted by Crippen LogP contribution is 2.23. The first kappa shape index (κ1) is 14.9. The van der Waals surface area contributed by atoms with Crippen molar-refractivity contribution in [2.24, 2.45) is 0 Å². The fourth-order valence-corrected chi connectivity index (χ4v) is 3.50. The summed E-state index contributed by atoms with van der Waals surface area (Å²) in [5, 5.41) is 8.56. The van der Waals surface area contributed by atoms with Crippen molar-refractivity contribution in [1.82, 2.24) is 9.71 Å². The Hall–Kier alpha value is -1.51. The minimum atomic E-state index is -3.76. The third kappa shape index (κ3) is 3.14. The molecule has 1 heterocycles. The number of nitrogens with zero attached hydrogens (tertiary/aromatic N) is 1. The smallest absolute Gasteiger partial charge is 0.337 e. The molecule has 8 heteroatoms. The lowest BCUT2D eigenvalue weighted by Crippen LogP contribution is -2.40. The molecule has 1 saturated carbocycles. The molecule has 0 aromatic carbocycles. The van der Waals surface area contributed by atoms with Crippen LogP contribution in [0, 0.1) is 0 Å². The highest BCUT2D eigenvalue weighted by Gasteiger charge is 2.31. The Morgan fingerprint density at radius 1 is 1.45 bits per heavy atom. The SMILES string of the molecule is COC1CCCC1NS(=O)(=O)c1ccc(C(=O)O)cn1. The summed E-state index contributed by atoms with van der Waals surface area (Å²) in [4.78, 5) is 14.4. The Bertz CT molecular complexity index is 584. The van der Waals surface area contributed by atoms with Gasteiger partial charge in [0.25, 0.3) is 10.0 Å². The minimum Gasteiger partial charge on any atom is -0.478 e. The van der Waals surface area contributed by atoms with Crippen molar-refractivity contribution in [2.75, 3.05) is 7.11 Å². The molecule has 0 saturated heterocycles. The highest BCUT2D eigenvalue weighted by molar-refractivity contribution is 7.89. The maximum Gasteiger partial charge on any atom is 0.337 e. The van der Waals surface area contributed by atoms with E-state index < -0.39 is 16.0 Å². The molecule has 1 aliphatic carbocycles. The second-order valence-corrected chi connectivity index (χ2v) is 6.28. The Balaban J connectivity index is 2.15. The van der Waals surface area contributed by atoms with Crippen LogP contribution >= 0.6 is 0 Å². The van der Waals surface area contributed by atoms with E-state index in [1.54, 1.807) is 7.11 Å². The van der Waals surface area contributed by atoms with Gasteiger partial charge in [-0.25, -0.2) is 22.9 Å². The van der Waals surface area contributed by atoms with E-state index in [-0.39, 0.29) is 22.7 Å². The highest BCUT2D eigenvalue weighted by atomic mass is 32.2. The Morgan fingerprint density at radius 2 is 2.20 bits per heavy atom. The van der Waals surface area contributed by atoms with E-state index >= 15 is 0 Å². The van der Waals surface area contributed by atoms with E-state index in [9.17, 15) is 13.2 Å². The first-order chi connectivity index (χ1) is 9.44. The molecular weight excluding hydrogens is 284 g/mol. The lowest BCUT2D eigenvalue weighted by molar-refractivity contribution is 0.0696. The molecule has 110 valence electrons. The fraction of sp³-hybridized carbons (Fsp3) is 0.500. The van der Waals surface area contributed by atoms with Crippen LogP contribution in [0.2, 0.25) is 0 Å². The molecule has 1 aromatic heterocycles. The van der Waals surface area contributed by atoms with Gasteiger partial charge in [0, 0.05) is 19.3 Å². The molecule has 1 aromatic rings. The molecule has 0 bridgehead atoms. The third-order valence-electron chi connectivity index (χ3n) is 3.32. The van der Waals surface area contributed by atoms with Gasteiger partial charge in [0.1, 0.15) is 0 Å². The van der Waals surface area contributed by atoms with Gasteiger partial charge in [-0.05, 0) is 31.4 Å². The van der Waals surface area contributed by atoms with Gasteiger partial charge < -0.3 is 9.84 Å². The number of carboxylic acids is 1. The number of methoxy groups -OCH3 is 1. The zero-order valence-electron chi connectivity index (χ0n) is 10.9. The Kier molecular flexibility index (Phi) is 4.36. The molecule has 0 spiro atoms. The van der Waals surface area contributed by atoms with Crippen molar-refractivity contribution in [3.05, 3.63) is 23.9 Å². The topological polar surface area (TPSA) is 106 Å². The normalized spacial score (nSPS) is 22.9. The van der Waals surface area contributed by atoms with E-state index in [2.05, 4.69) is 9.71 Å². The summed E-state index contributed by atoms with van der Waals surface area (Å²) in [7, 11) is -2.21. The lowest BCUT2D eigenvalue weighted by atomic mass is 10.2. The van der Waals surface area contributed by atoms with Crippen molar-refractivity contribution < 1.29 is 23.1 Å². The lowest BCUT2D eigenvalue weighted by Gasteiger charge is -2.19. The third-order valence-corrected chi connectivity index (χ3v) is 4.73. The van der Waals surface area contributed by atoms with Gasteiger partial charge in [0.2, 0.25) is 0 Å². The molecule has 20 heavy (non-hydrogen) atoms. The van der Waals surface area contributed by atoms with E-state index in [0.717, 1.165) is 19.0 Å². The van der Waals surface area contributed by atoms with Gasteiger partial charge in [-0.1, -0.05) is 0 Å². The number of aromatic nitrogens is 1. The van der Waals surface area contributed by atoms with E-state index in [1.165, 1.54) is 12.1 Å². The van der Waals surface area contributed by atoms with Crippen molar-refractivity contribution in [3.8, 4) is 0 Å². The van der Waals surface area contributed by atoms with Crippen LogP contribution in [0.3, 0.4) is 0 Å². The van der Waals surface area contributed by atoms with Gasteiger partial charge in [-0.15, -0.1) is 0 Å². The van der Waals surface area contributed by atoms with Crippen molar-refractivity contribution in [3.63, 3.8) is 0 Å². The molecule has 0 radical (unpaired) electrons. The van der Waals surface area contributed by atoms with Gasteiger partial charge in [-0.2, -0.15) is 0 Å². The summed E-state index contributed by atoms with van der Waals surface area (Å²) >= 11 is 0. The molecule has 2 N–H and O–H groups in total. The van der Waals surface area contributed by atoms with Crippen molar-refractivity contribution in [1.29, 1.82) is 0 Å². The average molecular weight is 300 g/mol. The van der Waals surface area contributed by atoms with Crippen LogP contribution < -0.4 is 4.72 Å². The number of ether oxygens (including phenoxy) is 1. The molecule has 2 atom stereocenters. The minimum absolute atomic E-state index is 0.0559. The molecule has 2 rings (SSSR count). The summed E-state index contributed by atoms with van der Waals surface area (Å²) in [6, 6.07) is 2.13. The number of sulfonamides is 1. The van der Waals surface area contributed by atoms with E-state index in [4.69, 9.17) is 9.84 Å². The molecule has 1 aliphatic rings. The van der Waals surface area contributed by atoms with Crippen LogP contribution in [0.15, 0.2) is 23.4 Å². The van der Waals surface area contributed by atoms with E-state index in [0.29, 0.717) is 6.42 Å². The summed E-state index contributed by atoms with van der Waals surface area (Å²) in [6.45, 7) is 0.